The van der Waals surface area contributed by atoms with Crippen LogP contribution in [0.5, 0.6) is 0 Å². The van der Waals surface area contributed by atoms with E-state index in [4.69, 9.17) is 0 Å². The number of benzene rings is 2. The quantitative estimate of drug-likeness (QED) is 0.869. The van der Waals surface area contributed by atoms with Crippen LogP contribution in [0.15, 0.2) is 48.5 Å². The number of carbonyl (C=O) groups is 1. The lowest BCUT2D eigenvalue weighted by molar-refractivity contribution is 0.102. The molecule has 3 rings (SSSR count). The van der Waals surface area contributed by atoms with Gasteiger partial charge in [0.1, 0.15) is 5.82 Å². The van der Waals surface area contributed by atoms with Crippen molar-refractivity contribution < 1.29 is 9.18 Å². The van der Waals surface area contributed by atoms with Gasteiger partial charge < -0.3 is 10.2 Å². The van der Waals surface area contributed by atoms with Gasteiger partial charge in [-0.25, -0.2) is 4.39 Å². The molecule has 25 heavy (non-hydrogen) atoms. The van der Waals surface area contributed by atoms with Gasteiger partial charge in [-0.3, -0.25) is 4.79 Å². The summed E-state index contributed by atoms with van der Waals surface area (Å²) in [6.45, 7) is 1.17. The number of carbonyl (C=O) groups excluding carboxylic acids is 1. The predicted molar refractivity (Wildman–Crippen MR) is 99.4 cm³/mol. The number of anilines is 1. The molecule has 2 aromatic carbocycles. The molecule has 1 aliphatic heterocycles. The number of rotatable bonds is 5. The smallest absolute Gasteiger partial charge is 0.255 e. The Kier molecular flexibility index (Phi) is 5.82. The number of para-hydroxylation sites is 1. The summed E-state index contributed by atoms with van der Waals surface area (Å²) in [5.41, 5.74) is 2.45. The van der Waals surface area contributed by atoms with E-state index in [2.05, 4.69) is 23.3 Å². The minimum atomic E-state index is -0.339. The summed E-state index contributed by atoms with van der Waals surface area (Å²) in [7, 11) is 2.20. The van der Waals surface area contributed by atoms with Crippen LogP contribution in [0.1, 0.15) is 41.6 Å². The zero-order chi connectivity index (χ0) is 17.6. The van der Waals surface area contributed by atoms with Gasteiger partial charge >= 0.3 is 0 Å². The zero-order valence-corrected chi connectivity index (χ0v) is 14.7. The average molecular weight is 340 g/mol. The second-order valence-electron chi connectivity index (χ2n) is 6.79. The van der Waals surface area contributed by atoms with E-state index in [0.29, 0.717) is 11.6 Å². The Balaban J connectivity index is 1.66. The number of amides is 1. The summed E-state index contributed by atoms with van der Waals surface area (Å²) in [6, 6.07) is 14.2. The summed E-state index contributed by atoms with van der Waals surface area (Å²) in [5.74, 6) is -0.546. The maximum absolute atomic E-state index is 13.0. The normalized spacial score (nSPS) is 18.1. The molecular weight excluding hydrogens is 315 g/mol. The minimum Gasteiger partial charge on any atom is -0.322 e. The minimum absolute atomic E-state index is 0.206. The van der Waals surface area contributed by atoms with Crippen molar-refractivity contribution in [1.82, 2.24) is 4.90 Å². The molecule has 1 heterocycles. The fourth-order valence-electron chi connectivity index (χ4n) is 3.49. The second kappa shape index (κ2) is 8.26. The van der Waals surface area contributed by atoms with Crippen molar-refractivity contribution in [1.29, 1.82) is 0 Å². The topological polar surface area (TPSA) is 32.3 Å². The number of nitrogens with one attached hydrogen (secondary N) is 1. The lowest BCUT2D eigenvalue weighted by atomic mass is 9.96. The molecule has 1 amide bonds. The Hall–Kier alpha value is -2.20. The molecule has 0 aromatic heterocycles. The van der Waals surface area contributed by atoms with E-state index in [1.165, 1.54) is 50.1 Å². The third kappa shape index (κ3) is 4.67. The number of nitrogens with zero attached hydrogens (tertiary/aromatic N) is 1. The van der Waals surface area contributed by atoms with E-state index in [0.717, 1.165) is 24.1 Å². The maximum Gasteiger partial charge on any atom is 0.255 e. The van der Waals surface area contributed by atoms with E-state index in [9.17, 15) is 9.18 Å². The van der Waals surface area contributed by atoms with E-state index >= 15 is 0 Å². The highest BCUT2D eigenvalue weighted by molar-refractivity contribution is 6.04. The van der Waals surface area contributed by atoms with Gasteiger partial charge in [-0.1, -0.05) is 24.6 Å². The average Bonchev–Trinajstić information content (AvgIpc) is 2.62. The van der Waals surface area contributed by atoms with E-state index in [1.54, 1.807) is 0 Å². The fourth-order valence-corrected chi connectivity index (χ4v) is 3.49. The van der Waals surface area contributed by atoms with Crippen LogP contribution in [0.4, 0.5) is 10.1 Å². The number of halogens is 1. The highest BCUT2D eigenvalue weighted by Gasteiger charge is 2.19. The van der Waals surface area contributed by atoms with Gasteiger partial charge in [0.25, 0.3) is 5.91 Å². The lowest BCUT2D eigenvalue weighted by Gasteiger charge is -2.32. The molecular formula is C21H25FN2O. The first-order valence-corrected chi connectivity index (χ1v) is 8.98. The first-order chi connectivity index (χ1) is 12.1. The Morgan fingerprint density at radius 3 is 2.68 bits per heavy atom. The van der Waals surface area contributed by atoms with Crippen LogP contribution in [0.25, 0.3) is 0 Å². The van der Waals surface area contributed by atoms with Crippen LogP contribution in [-0.2, 0) is 6.42 Å². The Labute approximate surface area is 148 Å². The van der Waals surface area contributed by atoms with Gasteiger partial charge in [0, 0.05) is 17.3 Å². The molecule has 3 nitrogen and oxygen atoms in total. The lowest BCUT2D eigenvalue weighted by Crippen LogP contribution is -2.36. The largest absolute Gasteiger partial charge is 0.322 e. The second-order valence-corrected chi connectivity index (χ2v) is 6.79. The number of piperidine rings is 1. The van der Waals surface area contributed by atoms with Crippen molar-refractivity contribution in [3.05, 3.63) is 65.5 Å². The van der Waals surface area contributed by atoms with E-state index in [-0.39, 0.29) is 11.7 Å². The molecule has 1 unspecified atom stereocenters. The summed E-state index contributed by atoms with van der Waals surface area (Å²) in [4.78, 5) is 14.8. The number of hydrogen-bond donors (Lipinski definition) is 1. The molecule has 1 aliphatic rings. The zero-order valence-electron chi connectivity index (χ0n) is 14.7. The van der Waals surface area contributed by atoms with Crippen LogP contribution in [-0.4, -0.2) is 30.4 Å². The van der Waals surface area contributed by atoms with Crippen molar-refractivity contribution >= 4 is 11.6 Å². The van der Waals surface area contributed by atoms with E-state index < -0.39 is 0 Å². The highest BCUT2D eigenvalue weighted by atomic mass is 19.1. The van der Waals surface area contributed by atoms with Gasteiger partial charge in [-0.05, 0) is 75.2 Å². The van der Waals surface area contributed by atoms with Crippen LogP contribution >= 0.6 is 0 Å². The van der Waals surface area contributed by atoms with Crippen molar-refractivity contribution in [2.75, 3.05) is 18.9 Å². The Morgan fingerprint density at radius 2 is 1.92 bits per heavy atom. The van der Waals surface area contributed by atoms with Gasteiger partial charge in [0.05, 0.1) is 0 Å². The monoisotopic (exact) mass is 340 g/mol. The molecule has 0 radical (unpaired) electrons. The van der Waals surface area contributed by atoms with Gasteiger partial charge in [0.15, 0.2) is 0 Å². The van der Waals surface area contributed by atoms with Gasteiger partial charge in [-0.15, -0.1) is 0 Å². The van der Waals surface area contributed by atoms with E-state index in [1.807, 2.05) is 18.2 Å². The molecule has 2 aromatic rings. The Bertz CT molecular complexity index is 714. The molecule has 0 aliphatic carbocycles. The molecule has 1 N–H and O–H groups in total. The molecule has 132 valence electrons. The third-order valence-electron chi connectivity index (χ3n) is 5.04. The SMILES string of the molecule is CN1CCCCC1CCc1ccccc1NC(=O)c1ccc(F)cc1. The molecule has 0 saturated carbocycles. The van der Waals surface area contributed by atoms with Crippen molar-refractivity contribution in [2.24, 2.45) is 0 Å². The van der Waals surface area contributed by atoms with Crippen LogP contribution < -0.4 is 5.32 Å². The summed E-state index contributed by atoms with van der Waals surface area (Å²) in [5, 5.41) is 2.97. The van der Waals surface area contributed by atoms with Crippen LogP contribution in [0.3, 0.4) is 0 Å². The fraction of sp³-hybridized carbons (Fsp3) is 0.381. The molecule has 1 saturated heterocycles. The number of likely N-dealkylation sites (tertiary alicyclic amines) is 1. The summed E-state index contributed by atoms with van der Waals surface area (Å²) in [6.07, 6.45) is 5.88. The summed E-state index contributed by atoms with van der Waals surface area (Å²) >= 11 is 0. The third-order valence-corrected chi connectivity index (χ3v) is 5.04. The van der Waals surface area contributed by atoms with Crippen molar-refractivity contribution in [2.45, 2.75) is 38.1 Å². The molecule has 0 spiro atoms. The number of aryl methyl sites for hydroxylation is 1. The molecule has 0 bridgehead atoms. The van der Waals surface area contributed by atoms with Gasteiger partial charge in [-0.2, -0.15) is 0 Å². The molecule has 1 fully saturated rings. The van der Waals surface area contributed by atoms with Crippen LogP contribution in [0.2, 0.25) is 0 Å². The van der Waals surface area contributed by atoms with Crippen molar-refractivity contribution in [3.8, 4) is 0 Å². The van der Waals surface area contributed by atoms with Gasteiger partial charge in [0.2, 0.25) is 0 Å². The molecule has 1 atom stereocenters. The van der Waals surface area contributed by atoms with Crippen molar-refractivity contribution in [3.63, 3.8) is 0 Å². The Morgan fingerprint density at radius 1 is 1.16 bits per heavy atom. The number of hydrogen-bond acceptors (Lipinski definition) is 2. The predicted octanol–water partition coefficient (Wildman–Crippen LogP) is 4.49. The first-order valence-electron chi connectivity index (χ1n) is 8.98. The maximum atomic E-state index is 13.0. The summed E-state index contributed by atoms with van der Waals surface area (Å²) < 4.78 is 13.0. The standard InChI is InChI=1S/C21H25FN2O/c1-24-15-5-4-7-19(24)14-11-16-6-2-3-8-20(16)23-21(25)17-9-12-18(22)13-10-17/h2-3,6,8-10,12-13,19H,4-5,7,11,14-15H2,1H3,(H,23,25). The molecule has 4 heteroatoms. The highest BCUT2D eigenvalue weighted by Crippen LogP contribution is 2.23. The van der Waals surface area contributed by atoms with Crippen LogP contribution in [0, 0.1) is 5.82 Å². The first kappa shape index (κ1) is 17.6.